The van der Waals surface area contributed by atoms with E-state index >= 15 is 0 Å². The van der Waals surface area contributed by atoms with Gasteiger partial charge < -0.3 is 8.94 Å². The van der Waals surface area contributed by atoms with Crippen LogP contribution in [-0.2, 0) is 18.7 Å². The highest BCUT2D eigenvalue weighted by molar-refractivity contribution is 7.98. The standard InChI is InChI=1S/C20H19ClN4O3S/c1-12(2)8-17-23-18(28-24-17)11-29-20-22-16-9-13(21)5-6-15(16)19(26)25(20)10-14-4-3-7-27-14/h3-7,9,12H,8,10-11H2,1-2H3. The van der Waals surface area contributed by atoms with Crippen molar-refractivity contribution >= 4 is 34.3 Å². The summed E-state index contributed by atoms with van der Waals surface area (Å²) in [4.78, 5) is 22.2. The molecule has 9 heteroatoms. The molecular formula is C20H19ClN4O3S. The summed E-state index contributed by atoms with van der Waals surface area (Å²) in [6.07, 6.45) is 2.33. The van der Waals surface area contributed by atoms with Crippen molar-refractivity contribution in [3.63, 3.8) is 0 Å². The lowest BCUT2D eigenvalue weighted by molar-refractivity contribution is 0.382. The molecule has 0 amide bonds. The van der Waals surface area contributed by atoms with Gasteiger partial charge in [-0.05, 0) is 36.2 Å². The van der Waals surface area contributed by atoms with Crippen LogP contribution >= 0.6 is 23.4 Å². The minimum atomic E-state index is -0.156. The monoisotopic (exact) mass is 430 g/mol. The molecule has 0 spiro atoms. The topological polar surface area (TPSA) is 87.0 Å². The van der Waals surface area contributed by atoms with Gasteiger partial charge in [-0.3, -0.25) is 9.36 Å². The number of benzene rings is 1. The van der Waals surface area contributed by atoms with Crippen molar-refractivity contribution in [2.75, 3.05) is 0 Å². The molecule has 0 saturated carbocycles. The molecule has 0 saturated heterocycles. The average Bonchev–Trinajstić information content (AvgIpc) is 3.34. The Morgan fingerprint density at radius 3 is 2.86 bits per heavy atom. The largest absolute Gasteiger partial charge is 0.467 e. The first-order valence-electron chi connectivity index (χ1n) is 9.16. The van der Waals surface area contributed by atoms with Gasteiger partial charge in [0.2, 0.25) is 5.89 Å². The molecule has 4 rings (SSSR count). The fraction of sp³-hybridized carbons (Fsp3) is 0.300. The molecule has 3 aromatic heterocycles. The molecule has 29 heavy (non-hydrogen) atoms. The molecule has 4 aromatic rings. The summed E-state index contributed by atoms with van der Waals surface area (Å²) in [7, 11) is 0. The summed E-state index contributed by atoms with van der Waals surface area (Å²) in [5.74, 6) is 2.69. The van der Waals surface area contributed by atoms with Crippen LogP contribution in [0.25, 0.3) is 10.9 Å². The van der Waals surface area contributed by atoms with Crippen molar-refractivity contribution in [3.8, 4) is 0 Å². The second-order valence-corrected chi connectivity index (χ2v) is 8.40. The quantitative estimate of drug-likeness (QED) is 0.313. The van der Waals surface area contributed by atoms with Crippen LogP contribution in [0.5, 0.6) is 0 Å². The minimum Gasteiger partial charge on any atom is -0.467 e. The number of halogens is 1. The lowest BCUT2D eigenvalue weighted by Crippen LogP contribution is -2.23. The molecule has 0 atom stereocenters. The van der Waals surface area contributed by atoms with E-state index in [0.29, 0.717) is 50.2 Å². The molecular weight excluding hydrogens is 412 g/mol. The second-order valence-electron chi connectivity index (χ2n) is 7.02. The maximum absolute atomic E-state index is 13.1. The Bertz CT molecular complexity index is 1180. The summed E-state index contributed by atoms with van der Waals surface area (Å²) in [6.45, 7) is 4.48. The lowest BCUT2D eigenvalue weighted by atomic mass is 10.1. The molecule has 7 nitrogen and oxygen atoms in total. The summed E-state index contributed by atoms with van der Waals surface area (Å²) in [5.41, 5.74) is 0.392. The molecule has 0 radical (unpaired) electrons. The van der Waals surface area contributed by atoms with E-state index in [1.807, 2.05) is 6.07 Å². The molecule has 1 aromatic carbocycles. The molecule has 0 aliphatic carbocycles. The number of aromatic nitrogens is 4. The van der Waals surface area contributed by atoms with Crippen molar-refractivity contribution < 1.29 is 8.94 Å². The molecule has 3 heterocycles. The van der Waals surface area contributed by atoms with Gasteiger partial charge in [-0.25, -0.2) is 4.98 Å². The van der Waals surface area contributed by atoms with Gasteiger partial charge in [0, 0.05) is 11.4 Å². The van der Waals surface area contributed by atoms with E-state index in [1.165, 1.54) is 11.8 Å². The van der Waals surface area contributed by atoms with Crippen molar-refractivity contribution in [3.05, 3.63) is 69.4 Å². The van der Waals surface area contributed by atoms with E-state index in [0.717, 1.165) is 6.42 Å². The third-order valence-corrected chi connectivity index (χ3v) is 5.40. The van der Waals surface area contributed by atoms with E-state index < -0.39 is 0 Å². The SMILES string of the molecule is CC(C)Cc1noc(CSc2nc3cc(Cl)ccc3c(=O)n2Cc2ccco2)n1. The molecule has 0 N–H and O–H groups in total. The highest BCUT2D eigenvalue weighted by Crippen LogP contribution is 2.24. The van der Waals surface area contributed by atoms with Gasteiger partial charge in [0.05, 0.1) is 29.5 Å². The Labute approximate surface area is 176 Å². The lowest BCUT2D eigenvalue weighted by Gasteiger charge is -2.11. The number of hydrogen-bond acceptors (Lipinski definition) is 7. The number of rotatable bonds is 7. The summed E-state index contributed by atoms with van der Waals surface area (Å²) < 4.78 is 12.3. The molecule has 0 bridgehead atoms. The van der Waals surface area contributed by atoms with Crippen LogP contribution in [0.1, 0.15) is 31.3 Å². The smallest absolute Gasteiger partial charge is 0.262 e. The first kappa shape index (κ1) is 19.7. The zero-order valence-corrected chi connectivity index (χ0v) is 17.5. The van der Waals surface area contributed by atoms with E-state index in [-0.39, 0.29) is 12.1 Å². The fourth-order valence-electron chi connectivity index (χ4n) is 2.90. The zero-order chi connectivity index (χ0) is 20.4. The zero-order valence-electron chi connectivity index (χ0n) is 16.0. The Morgan fingerprint density at radius 2 is 2.10 bits per heavy atom. The van der Waals surface area contributed by atoms with Crippen LogP contribution in [0.15, 0.2) is 55.5 Å². The maximum Gasteiger partial charge on any atom is 0.262 e. The van der Waals surface area contributed by atoms with Gasteiger partial charge in [0.15, 0.2) is 11.0 Å². The van der Waals surface area contributed by atoms with E-state index in [2.05, 4.69) is 29.0 Å². The summed E-state index contributed by atoms with van der Waals surface area (Å²) in [6, 6.07) is 8.67. The molecule has 0 unspecified atom stereocenters. The Morgan fingerprint density at radius 1 is 1.24 bits per heavy atom. The minimum absolute atomic E-state index is 0.156. The van der Waals surface area contributed by atoms with Crippen LogP contribution in [0, 0.1) is 5.92 Å². The van der Waals surface area contributed by atoms with Crippen molar-refractivity contribution in [2.24, 2.45) is 5.92 Å². The van der Waals surface area contributed by atoms with Gasteiger partial charge in [0.25, 0.3) is 5.56 Å². The maximum atomic E-state index is 13.1. The number of furan rings is 1. The van der Waals surface area contributed by atoms with Crippen molar-refractivity contribution in [1.82, 2.24) is 19.7 Å². The van der Waals surface area contributed by atoms with Gasteiger partial charge in [-0.2, -0.15) is 4.98 Å². The second kappa shape index (κ2) is 8.42. The van der Waals surface area contributed by atoms with Crippen molar-refractivity contribution in [2.45, 2.75) is 37.7 Å². The first-order valence-corrected chi connectivity index (χ1v) is 10.5. The van der Waals surface area contributed by atoms with Gasteiger partial charge >= 0.3 is 0 Å². The number of fused-ring (bicyclic) bond motifs is 1. The Kier molecular flexibility index (Phi) is 5.73. The number of nitrogens with zero attached hydrogens (tertiary/aromatic N) is 4. The highest BCUT2D eigenvalue weighted by Gasteiger charge is 2.16. The Balaban J connectivity index is 1.67. The van der Waals surface area contributed by atoms with E-state index in [4.69, 9.17) is 20.5 Å². The predicted octanol–water partition coefficient (Wildman–Crippen LogP) is 4.57. The highest BCUT2D eigenvalue weighted by atomic mass is 35.5. The van der Waals surface area contributed by atoms with Crippen LogP contribution in [0.4, 0.5) is 0 Å². The number of hydrogen-bond donors (Lipinski definition) is 0. The van der Waals surface area contributed by atoms with Crippen molar-refractivity contribution in [1.29, 1.82) is 0 Å². The predicted molar refractivity (Wildman–Crippen MR) is 111 cm³/mol. The summed E-state index contributed by atoms with van der Waals surface area (Å²) in [5, 5.41) is 5.57. The van der Waals surface area contributed by atoms with Crippen LogP contribution in [0.3, 0.4) is 0 Å². The van der Waals surface area contributed by atoms with Gasteiger partial charge in [-0.1, -0.05) is 42.4 Å². The summed E-state index contributed by atoms with van der Waals surface area (Å²) >= 11 is 7.45. The van der Waals surface area contributed by atoms with E-state index in [1.54, 1.807) is 35.1 Å². The molecule has 150 valence electrons. The van der Waals surface area contributed by atoms with Crippen LogP contribution in [-0.4, -0.2) is 19.7 Å². The van der Waals surface area contributed by atoms with Gasteiger partial charge in [-0.15, -0.1) is 0 Å². The molecule has 0 fully saturated rings. The number of thioether (sulfide) groups is 1. The van der Waals surface area contributed by atoms with Gasteiger partial charge in [0.1, 0.15) is 5.76 Å². The normalized spacial score (nSPS) is 11.6. The Hall–Kier alpha value is -2.58. The molecule has 0 aliphatic heterocycles. The third-order valence-electron chi connectivity index (χ3n) is 4.20. The third kappa shape index (κ3) is 4.54. The van der Waals surface area contributed by atoms with Crippen LogP contribution in [0.2, 0.25) is 5.02 Å². The average molecular weight is 431 g/mol. The van der Waals surface area contributed by atoms with Crippen LogP contribution < -0.4 is 5.56 Å². The first-order chi connectivity index (χ1) is 14.0. The molecule has 0 aliphatic rings. The fourth-order valence-corrected chi connectivity index (χ4v) is 3.91. The van der Waals surface area contributed by atoms with E-state index in [9.17, 15) is 4.79 Å².